The summed E-state index contributed by atoms with van der Waals surface area (Å²) in [6.45, 7) is 23.3. The number of unbranched alkanes of at least 4 members (excludes halogenated alkanes) is 35. The Labute approximate surface area is 488 Å². The van der Waals surface area contributed by atoms with E-state index in [0.29, 0.717) is 32.7 Å². The maximum atomic E-state index is 12.1. The Morgan fingerprint density at radius 1 is 0.308 bits per heavy atom. The van der Waals surface area contributed by atoms with Crippen molar-refractivity contribution in [2.75, 3.05) is 72.0 Å². The Bertz CT molecular complexity index is 1150. The summed E-state index contributed by atoms with van der Waals surface area (Å²) in [7, 11) is 0. The van der Waals surface area contributed by atoms with Gasteiger partial charge in [0.1, 0.15) is 0 Å². The second-order valence-corrected chi connectivity index (χ2v) is 26.1. The highest BCUT2D eigenvalue weighted by Gasteiger charge is 2.27. The van der Waals surface area contributed by atoms with Gasteiger partial charge in [-0.15, -0.1) is 0 Å². The highest BCUT2D eigenvalue weighted by Crippen LogP contribution is 2.22. The largest absolute Gasteiger partial charge is 0.392 e. The molecule has 78 heavy (non-hydrogen) atoms. The number of nitrogens with one attached hydrogen (secondary N) is 1. The molecular formula is C69H144N4O5. The topological polar surface area (TPSA) is 123 Å². The number of aliphatic hydroxyl groups is 5. The highest BCUT2D eigenvalue weighted by molar-refractivity contribution is 4.82. The number of nitrogens with zero attached hydrogens (tertiary/aromatic N) is 3. The fourth-order valence-corrected chi connectivity index (χ4v) is 11.9. The van der Waals surface area contributed by atoms with Crippen LogP contribution in [0.5, 0.6) is 0 Å². The zero-order valence-corrected chi connectivity index (χ0v) is 54.1. The van der Waals surface area contributed by atoms with Crippen LogP contribution in [-0.2, 0) is 0 Å². The third-order valence-electron chi connectivity index (χ3n) is 17.0. The van der Waals surface area contributed by atoms with Gasteiger partial charge in [-0.25, -0.2) is 0 Å². The Morgan fingerprint density at radius 3 is 0.910 bits per heavy atom. The van der Waals surface area contributed by atoms with Crippen LogP contribution in [-0.4, -0.2) is 142 Å². The molecule has 0 aliphatic carbocycles. The first-order valence-corrected chi connectivity index (χ1v) is 35.2. The van der Waals surface area contributed by atoms with Crippen LogP contribution >= 0.6 is 0 Å². The van der Waals surface area contributed by atoms with Crippen LogP contribution < -0.4 is 5.32 Å². The molecule has 0 rings (SSSR count). The summed E-state index contributed by atoms with van der Waals surface area (Å²) < 4.78 is 0. The minimum Gasteiger partial charge on any atom is -0.392 e. The van der Waals surface area contributed by atoms with Crippen molar-refractivity contribution in [2.45, 2.75) is 373 Å². The maximum absolute atomic E-state index is 12.1. The van der Waals surface area contributed by atoms with Gasteiger partial charge >= 0.3 is 0 Å². The first-order valence-electron chi connectivity index (χ1n) is 35.2. The van der Waals surface area contributed by atoms with Crippen molar-refractivity contribution in [3.05, 3.63) is 0 Å². The normalized spacial score (nSPS) is 15.0. The molecule has 5 atom stereocenters. The van der Waals surface area contributed by atoms with Crippen LogP contribution in [0.4, 0.5) is 0 Å². The molecule has 0 aliphatic heterocycles. The summed E-state index contributed by atoms with van der Waals surface area (Å²) in [6, 6.07) is 0. The van der Waals surface area contributed by atoms with Crippen LogP contribution in [0.1, 0.15) is 344 Å². The van der Waals surface area contributed by atoms with Crippen molar-refractivity contribution in [1.82, 2.24) is 20.0 Å². The predicted octanol–water partition coefficient (Wildman–Crippen LogP) is 17.1. The van der Waals surface area contributed by atoms with E-state index in [0.717, 1.165) is 110 Å². The molecule has 470 valence electrons. The van der Waals surface area contributed by atoms with Gasteiger partial charge in [0.2, 0.25) is 0 Å². The molecule has 0 aromatic rings. The average Bonchev–Trinajstić information content (AvgIpc) is 3.40. The van der Waals surface area contributed by atoms with Gasteiger partial charge in [0.15, 0.2) is 0 Å². The Balaban J connectivity index is 6.06. The molecule has 0 aromatic heterocycles. The lowest BCUT2D eigenvalue weighted by Crippen LogP contribution is -2.48. The molecule has 0 aliphatic rings. The van der Waals surface area contributed by atoms with E-state index in [1.165, 1.54) is 225 Å². The van der Waals surface area contributed by atoms with Gasteiger partial charge in [0.05, 0.1) is 29.5 Å². The Kier molecular flexibility index (Phi) is 56.8. The molecule has 9 heteroatoms. The van der Waals surface area contributed by atoms with E-state index in [9.17, 15) is 25.5 Å². The molecule has 0 bridgehead atoms. The van der Waals surface area contributed by atoms with Gasteiger partial charge in [-0.2, -0.15) is 0 Å². The summed E-state index contributed by atoms with van der Waals surface area (Å²) in [5.41, 5.74) is -1.58. The second kappa shape index (κ2) is 57.1. The van der Waals surface area contributed by atoms with Crippen molar-refractivity contribution in [1.29, 1.82) is 0 Å². The quantitative estimate of drug-likeness (QED) is 0.0331. The summed E-state index contributed by atoms with van der Waals surface area (Å²) in [6.07, 6.45) is 54.2. The summed E-state index contributed by atoms with van der Waals surface area (Å²) in [5, 5.41) is 61.4. The van der Waals surface area contributed by atoms with E-state index in [-0.39, 0.29) is 6.10 Å². The molecule has 0 saturated carbocycles. The lowest BCUT2D eigenvalue weighted by atomic mass is 9.96. The molecule has 0 fully saturated rings. The molecule has 0 amide bonds. The van der Waals surface area contributed by atoms with Gasteiger partial charge in [-0.05, 0) is 65.5 Å². The summed E-state index contributed by atoms with van der Waals surface area (Å²) >= 11 is 0. The van der Waals surface area contributed by atoms with Crippen LogP contribution in [0.3, 0.4) is 0 Å². The molecular weight excluding hydrogens is 965 g/mol. The number of aliphatic hydroxyl groups excluding tert-OH is 3. The zero-order chi connectivity index (χ0) is 57.5. The predicted molar refractivity (Wildman–Crippen MR) is 342 cm³/mol. The lowest BCUT2D eigenvalue weighted by molar-refractivity contribution is -0.00162. The van der Waals surface area contributed by atoms with Gasteiger partial charge in [-0.3, -0.25) is 14.7 Å². The van der Waals surface area contributed by atoms with Gasteiger partial charge < -0.3 is 30.8 Å². The third kappa shape index (κ3) is 54.9. The Morgan fingerprint density at radius 2 is 0.577 bits per heavy atom. The van der Waals surface area contributed by atoms with Crippen LogP contribution in [0.15, 0.2) is 0 Å². The molecule has 6 N–H and O–H groups in total. The molecule has 0 spiro atoms. The van der Waals surface area contributed by atoms with E-state index in [2.05, 4.69) is 54.6 Å². The van der Waals surface area contributed by atoms with Crippen molar-refractivity contribution < 1.29 is 25.5 Å². The SMILES string of the molecule is CCCCCCCCCC[C@@H](O)CNCCN(CCCN(CCN(C[C@H](O)CCCCCCCCCC)C[C@H](O)CCCCCCCCCC)CC(C)(O)CCCCCCCCCC)C[C@](C)(O)CCCCCCCCCC. The highest BCUT2D eigenvalue weighted by atomic mass is 16.3. The second-order valence-electron chi connectivity index (χ2n) is 26.1. The minimum absolute atomic E-state index is 0.326. The first kappa shape index (κ1) is 77.6. The number of hydrogen-bond acceptors (Lipinski definition) is 9. The van der Waals surface area contributed by atoms with E-state index in [1.54, 1.807) is 0 Å². The minimum atomic E-state index is -0.808. The fraction of sp³-hybridized carbons (Fsp3) is 1.00. The fourth-order valence-electron chi connectivity index (χ4n) is 11.9. The molecule has 0 radical (unpaired) electrons. The first-order chi connectivity index (χ1) is 37.8. The van der Waals surface area contributed by atoms with E-state index >= 15 is 0 Å². The monoisotopic (exact) mass is 1110 g/mol. The Hall–Kier alpha value is -0.360. The number of rotatable bonds is 65. The van der Waals surface area contributed by atoms with E-state index < -0.39 is 23.4 Å². The van der Waals surface area contributed by atoms with Crippen molar-refractivity contribution in [2.24, 2.45) is 0 Å². The number of hydrogen-bond donors (Lipinski definition) is 6. The van der Waals surface area contributed by atoms with Crippen LogP contribution in [0.2, 0.25) is 0 Å². The maximum Gasteiger partial charge on any atom is 0.0746 e. The van der Waals surface area contributed by atoms with Crippen molar-refractivity contribution in [3.63, 3.8) is 0 Å². The lowest BCUT2D eigenvalue weighted by Gasteiger charge is -2.36. The third-order valence-corrected chi connectivity index (χ3v) is 17.0. The van der Waals surface area contributed by atoms with Crippen molar-refractivity contribution >= 4 is 0 Å². The van der Waals surface area contributed by atoms with Gasteiger partial charge in [-0.1, -0.05) is 291 Å². The molecule has 0 saturated heterocycles. The average molecular weight is 1110 g/mol. The summed E-state index contributed by atoms with van der Waals surface area (Å²) in [4.78, 5) is 7.27. The molecule has 1 unspecified atom stereocenters. The van der Waals surface area contributed by atoms with Crippen molar-refractivity contribution in [3.8, 4) is 0 Å². The van der Waals surface area contributed by atoms with Crippen LogP contribution in [0.25, 0.3) is 0 Å². The van der Waals surface area contributed by atoms with E-state index in [4.69, 9.17) is 0 Å². The van der Waals surface area contributed by atoms with Gasteiger partial charge in [0, 0.05) is 58.9 Å². The standard InChI is InChI=1S/C69H144N4O5/c1-8-13-18-23-28-33-38-43-49-65(74)60-70-54-57-71(63-68(6,77)52-46-41-36-31-26-21-16-11-4)55-48-56-72(64-69(7,78)53-47-42-37-32-27-22-17-12-5)58-59-73(61-66(75)50-44-39-34-29-24-19-14-9-2)62-67(76)51-45-40-35-30-25-20-15-10-3/h65-67,70,74-78H,8-64H2,1-7H3/t65-,66-,67-,68-,69?/m1/s1. The molecule has 9 nitrogen and oxygen atoms in total. The van der Waals surface area contributed by atoms with Gasteiger partial charge in [0.25, 0.3) is 0 Å². The van der Waals surface area contributed by atoms with Crippen LogP contribution in [0, 0.1) is 0 Å². The van der Waals surface area contributed by atoms with E-state index in [1.807, 2.05) is 13.8 Å². The molecule has 0 aromatic carbocycles. The molecule has 0 heterocycles. The summed E-state index contributed by atoms with van der Waals surface area (Å²) in [5.74, 6) is 0. The smallest absolute Gasteiger partial charge is 0.0746 e. The zero-order valence-electron chi connectivity index (χ0n) is 54.1.